The predicted molar refractivity (Wildman–Crippen MR) is 151 cm³/mol. The molecule has 0 radical (unpaired) electrons. The van der Waals surface area contributed by atoms with Crippen molar-refractivity contribution in [2.45, 2.75) is 56.8 Å². The Morgan fingerprint density at radius 3 is 2.47 bits per heavy atom. The molecule has 1 saturated carbocycles. The Balaban J connectivity index is 0.924. The van der Waals surface area contributed by atoms with Gasteiger partial charge in [0.05, 0.1) is 43.2 Å². The summed E-state index contributed by atoms with van der Waals surface area (Å²) in [5.74, 6) is -0.440. The predicted octanol–water partition coefficient (Wildman–Crippen LogP) is 3.70. The van der Waals surface area contributed by atoms with Crippen molar-refractivity contribution in [3.63, 3.8) is 0 Å². The van der Waals surface area contributed by atoms with E-state index < -0.39 is 17.2 Å². The van der Waals surface area contributed by atoms with Gasteiger partial charge in [0.1, 0.15) is 23.3 Å². The summed E-state index contributed by atoms with van der Waals surface area (Å²) in [6.07, 6.45) is 5.72. The molecule has 2 aromatic rings. The number of benzene rings is 1. The number of nitrogens with zero attached hydrogens (tertiary/aromatic N) is 5. The van der Waals surface area contributed by atoms with Crippen LogP contribution in [0.2, 0.25) is 0 Å². The zero-order chi connectivity index (χ0) is 30.1. The number of nitrogens with two attached hydrogens (primary N) is 1. The van der Waals surface area contributed by atoms with Gasteiger partial charge in [-0.15, -0.1) is 0 Å². The maximum Gasteiger partial charge on any atom is 0.410 e. The molecule has 0 bridgehead atoms. The molecular weight excluding hydrogens is 558 g/mol. The smallest absolute Gasteiger partial charge is 0.410 e. The van der Waals surface area contributed by atoms with Crippen LogP contribution in [0.25, 0.3) is 0 Å². The van der Waals surface area contributed by atoms with Gasteiger partial charge in [0.15, 0.2) is 0 Å². The van der Waals surface area contributed by atoms with Crippen LogP contribution >= 0.6 is 0 Å². The number of piperidine rings is 1. The molecule has 0 unspecified atom stereocenters. The molecule has 3 saturated heterocycles. The summed E-state index contributed by atoms with van der Waals surface area (Å²) in [4.78, 5) is 35.6. The van der Waals surface area contributed by atoms with Gasteiger partial charge in [-0.3, -0.25) is 9.69 Å². The largest absolute Gasteiger partial charge is 0.471 e. The molecular formula is C31H36F2N6O4. The van der Waals surface area contributed by atoms with E-state index in [0.717, 1.165) is 37.8 Å². The summed E-state index contributed by atoms with van der Waals surface area (Å²) in [5.41, 5.74) is 5.56. The lowest BCUT2D eigenvalue weighted by atomic mass is 9.80. The molecule has 4 aliphatic rings. The van der Waals surface area contributed by atoms with Crippen molar-refractivity contribution in [1.82, 2.24) is 19.7 Å². The number of rotatable bonds is 7. The van der Waals surface area contributed by atoms with E-state index in [0.29, 0.717) is 69.6 Å². The molecule has 228 valence electrons. The first-order valence-corrected chi connectivity index (χ1v) is 15.0. The quantitative estimate of drug-likeness (QED) is 0.515. The van der Waals surface area contributed by atoms with Crippen LogP contribution in [-0.4, -0.2) is 82.7 Å². The second-order valence-corrected chi connectivity index (χ2v) is 12.4. The molecule has 6 rings (SSSR count). The van der Waals surface area contributed by atoms with Gasteiger partial charge in [0.25, 0.3) is 0 Å². The lowest BCUT2D eigenvalue weighted by Crippen LogP contribution is -2.58. The van der Waals surface area contributed by atoms with Crippen molar-refractivity contribution in [2.24, 2.45) is 11.8 Å². The van der Waals surface area contributed by atoms with Crippen LogP contribution in [0, 0.1) is 34.8 Å². The molecule has 1 spiro atoms. The van der Waals surface area contributed by atoms with E-state index in [1.165, 1.54) is 0 Å². The fourth-order valence-corrected chi connectivity index (χ4v) is 6.74. The van der Waals surface area contributed by atoms with Crippen LogP contribution in [0.5, 0.6) is 5.88 Å². The SMILES string of the molecule is N#Cc1cc(F)c(CN2CCC3(CC2)CN(CC2CCC(C(=O)N4CC(Oc5ccc(N)cn5)C4)CC2)C(=O)O3)c(F)c1. The first-order chi connectivity index (χ1) is 20.7. The second kappa shape index (κ2) is 12.0. The first kappa shape index (κ1) is 29.1. The zero-order valence-electron chi connectivity index (χ0n) is 24.0. The van der Waals surface area contributed by atoms with Crippen LogP contribution in [0.4, 0.5) is 19.3 Å². The Labute approximate surface area is 249 Å². The third-order valence-electron chi connectivity index (χ3n) is 9.34. The van der Waals surface area contributed by atoms with Gasteiger partial charge in [-0.25, -0.2) is 18.6 Å². The van der Waals surface area contributed by atoms with Crippen molar-refractivity contribution >= 4 is 17.7 Å². The van der Waals surface area contributed by atoms with Crippen molar-refractivity contribution in [2.75, 3.05) is 45.0 Å². The molecule has 12 heteroatoms. The van der Waals surface area contributed by atoms with Gasteiger partial charge in [0, 0.05) is 56.6 Å². The third kappa shape index (κ3) is 6.37. The van der Waals surface area contributed by atoms with Crippen LogP contribution < -0.4 is 10.5 Å². The second-order valence-electron chi connectivity index (χ2n) is 12.4. The molecule has 2 N–H and O–H groups in total. The first-order valence-electron chi connectivity index (χ1n) is 15.0. The van der Waals surface area contributed by atoms with Gasteiger partial charge in [-0.05, 0) is 49.8 Å². The van der Waals surface area contributed by atoms with Crippen LogP contribution in [0.15, 0.2) is 30.5 Å². The van der Waals surface area contributed by atoms with Gasteiger partial charge in [0.2, 0.25) is 11.8 Å². The van der Waals surface area contributed by atoms with Crippen molar-refractivity contribution in [1.29, 1.82) is 5.26 Å². The number of nitriles is 1. The Kier molecular flexibility index (Phi) is 8.09. The van der Waals surface area contributed by atoms with E-state index >= 15 is 0 Å². The number of likely N-dealkylation sites (tertiary alicyclic amines) is 2. The van der Waals surface area contributed by atoms with E-state index in [4.69, 9.17) is 20.5 Å². The van der Waals surface area contributed by atoms with Gasteiger partial charge in [-0.1, -0.05) is 0 Å². The molecule has 3 aliphatic heterocycles. The number of pyridine rings is 1. The molecule has 10 nitrogen and oxygen atoms in total. The highest BCUT2D eigenvalue weighted by Gasteiger charge is 2.47. The monoisotopic (exact) mass is 594 g/mol. The fourth-order valence-electron chi connectivity index (χ4n) is 6.74. The zero-order valence-corrected chi connectivity index (χ0v) is 24.0. The van der Waals surface area contributed by atoms with E-state index in [1.54, 1.807) is 29.3 Å². The Hall–Kier alpha value is -3.98. The number of carbonyl (C=O) groups excluding carboxylic acids is 2. The molecule has 2 amide bonds. The van der Waals surface area contributed by atoms with Gasteiger partial charge >= 0.3 is 6.09 Å². The summed E-state index contributed by atoms with van der Waals surface area (Å²) in [7, 11) is 0. The minimum Gasteiger partial charge on any atom is -0.471 e. The van der Waals surface area contributed by atoms with Crippen molar-refractivity contribution < 1.29 is 27.8 Å². The van der Waals surface area contributed by atoms with E-state index in [9.17, 15) is 18.4 Å². The molecule has 1 aromatic heterocycles. The van der Waals surface area contributed by atoms with Crippen LogP contribution in [0.1, 0.15) is 49.7 Å². The number of amides is 2. The van der Waals surface area contributed by atoms with E-state index in [1.807, 2.05) is 9.80 Å². The topological polar surface area (TPSA) is 125 Å². The highest BCUT2D eigenvalue weighted by molar-refractivity contribution is 5.79. The summed E-state index contributed by atoms with van der Waals surface area (Å²) < 4.78 is 40.5. The average Bonchev–Trinajstić information content (AvgIpc) is 3.28. The number of hydrogen-bond donors (Lipinski definition) is 1. The molecule has 4 heterocycles. The van der Waals surface area contributed by atoms with Crippen LogP contribution in [0.3, 0.4) is 0 Å². The molecule has 0 atom stereocenters. The number of ether oxygens (including phenoxy) is 2. The highest BCUT2D eigenvalue weighted by Crippen LogP contribution is 2.37. The number of carbonyl (C=O) groups is 2. The lowest BCUT2D eigenvalue weighted by Gasteiger charge is -2.41. The van der Waals surface area contributed by atoms with Gasteiger partial charge < -0.3 is 25.0 Å². The maximum atomic E-state index is 14.4. The Bertz CT molecular complexity index is 1370. The molecule has 1 aromatic carbocycles. The highest BCUT2D eigenvalue weighted by atomic mass is 19.1. The standard InChI is InChI=1S/C31H36F2N6O4/c32-26-11-21(13-34)12-27(33)25(26)18-37-9-7-31(8-10-37)19-39(30(41)43-31)15-20-1-3-22(4-2-20)29(40)38-16-24(17-38)42-28-6-5-23(35)14-36-28/h5-6,11-12,14,20,22,24H,1-4,7-10,15-19,35H2. The van der Waals surface area contributed by atoms with Gasteiger partial charge in [-0.2, -0.15) is 5.26 Å². The minimum atomic E-state index is -0.721. The maximum absolute atomic E-state index is 14.4. The van der Waals surface area contributed by atoms with Crippen LogP contribution in [-0.2, 0) is 16.1 Å². The van der Waals surface area contributed by atoms with E-state index in [2.05, 4.69) is 4.98 Å². The summed E-state index contributed by atoms with van der Waals surface area (Å²) >= 11 is 0. The fraction of sp³-hybridized carbons (Fsp3) is 0.548. The minimum absolute atomic E-state index is 0.00109. The van der Waals surface area contributed by atoms with Crippen molar-refractivity contribution in [3.8, 4) is 11.9 Å². The third-order valence-corrected chi connectivity index (χ3v) is 9.34. The molecule has 43 heavy (non-hydrogen) atoms. The Morgan fingerprint density at radius 2 is 1.84 bits per heavy atom. The summed E-state index contributed by atoms with van der Waals surface area (Å²) in [6, 6.07) is 7.34. The van der Waals surface area contributed by atoms with E-state index in [-0.39, 0.29) is 41.7 Å². The summed E-state index contributed by atoms with van der Waals surface area (Å²) in [6.45, 7) is 3.43. The Morgan fingerprint density at radius 1 is 1.14 bits per heavy atom. The number of hydrogen-bond acceptors (Lipinski definition) is 8. The van der Waals surface area contributed by atoms with Crippen molar-refractivity contribution in [3.05, 3.63) is 53.2 Å². The molecule has 4 fully saturated rings. The average molecular weight is 595 g/mol. The lowest BCUT2D eigenvalue weighted by molar-refractivity contribution is -0.146. The summed E-state index contributed by atoms with van der Waals surface area (Å²) in [5, 5.41) is 8.92. The number of anilines is 1. The number of nitrogen functional groups attached to an aromatic ring is 1. The normalized spacial score (nSPS) is 24.0. The number of halogens is 2. The number of aromatic nitrogens is 1. The molecule has 1 aliphatic carbocycles.